The SMILES string of the molecule is CCCCC(CN)c1cn(C)c2ccccc12. The predicted octanol–water partition coefficient (Wildman–Crippen LogP) is 3.41. The maximum Gasteiger partial charge on any atom is 0.0480 e. The summed E-state index contributed by atoms with van der Waals surface area (Å²) in [5, 5.41) is 1.36. The van der Waals surface area contributed by atoms with Crippen molar-refractivity contribution in [2.75, 3.05) is 6.54 Å². The lowest BCUT2D eigenvalue weighted by molar-refractivity contribution is 0.593. The molecule has 0 aliphatic heterocycles. The summed E-state index contributed by atoms with van der Waals surface area (Å²) in [7, 11) is 2.11. The monoisotopic (exact) mass is 230 g/mol. The lowest BCUT2D eigenvalue weighted by Gasteiger charge is -2.13. The van der Waals surface area contributed by atoms with Crippen LogP contribution in [0.4, 0.5) is 0 Å². The van der Waals surface area contributed by atoms with Gasteiger partial charge in [0.25, 0.3) is 0 Å². The molecule has 1 aromatic carbocycles. The van der Waals surface area contributed by atoms with Gasteiger partial charge in [0, 0.05) is 24.1 Å². The lowest BCUT2D eigenvalue weighted by Crippen LogP contribution is -2.12. The third-order valence-corrected chi connectivity index (χ3v) is 3.56. The Morgan fingerprint density at radius 3 is 2.76 bits per heavy atom. The molecule has 0 aliphatic rings. The van der Waals surface area contributed by atoms with Gasteiger partial charge in [-0.2, -0.15) is 0 Å². The van der Waals surface area contributed by atoms with Crippen molar-refractivity contribution in [2.45, 2.75) is 32.1 Å². The van der Waals surface area contributed by atoms with E-state index in [-0.39, 0.29) is 0 Å². The second kappa shape index (κ2) is 5.37. The first-order valence-electron chi connectivity index (χ1n) is 6.52. The van der Waals surface area contributed by atoms with Crippen molar-refractivity contribution in [1.29, 1.82) is 0 Å². The van der Waals surface area contributed by atoms with Crippen molar-refractivity contribution in [1.82, 2.24) is 4.57 Å². The highest BCUT2D eigenvalue weighted by Gasteiger charge is 2.14. The number of benzene rings is 1. The molecular weight excluding hydrogens is 208 g/mol. The molecule has 0 amide bonds. The van der Waals surface area contributed by atoms with Crippen molar-refractivity contribution < 1.29 is 0 Å². The quantitative estimate of drug-likeness (QED) is 0.838. The van der Waals surface area contributed by atoms with Crippen LogP contribution in [0.3, 0.4) is 0 Å². The van der Waals surface area contributed by atoms with Gasteiger partial charge in [0.1, 0.15) is 0 Å². The van der Waals surface area contributed by atoms with Crippen LogP contribution < -0.4 is 5.73 Å². The molecule has 2 aromatic rings. The lowest BCUT2D eigenvalue weighted by atomic mass is 9.93. The molecule has 0 saturated carbocycles. The Balaban J connectivity index is 2.39. The maximum atomic E-state index is 5.94. The molecule has 1 unspecified atom stereocenters. The van der Waals surface area contributed by atoms with Gasteiger partial charge in [0.05, 0.1) is 0 Å². The van der Waals surface area contributed by atoms with Gasteiger partial charge in [-0.15, -0.1) is 0 Å². The molecule has 0 aliphatic carbocycles. The second-order valence-electron chi connectivity index (χ2n) is 4.79. The molecule has 1 heterocycles. The van der Waals surface area contributed by atoms with Crippen LogP contribution in [0.15, 0.2) is 30.5 Å². The summed E-state index contributed by atoms with van der Waals surface area (Å²) >= 11 is 0. The van der Waals surface area contributed by atoms with Crippen molar-refractivity contribution in [3.05, 3.63) is 36.0 Å². The second-order valence-corrected chi connectivity index (χ2v) is 4.79. The van der Waals surface area contributed by atoms with Crippen molar-refractivity contribution in [3.8, 4) is 0 Å². The zero-order chi connectivity index (χ0) is 12.3. The summed E-state index contributed by atoms with van der Waals surface area (Å²) in [6.07, 6.45) is 5.94. The average Bonchev–Trinajstić information content (AvgIpc) is 2.69. The van der Waals surface area contributed by atoms with E-state index in [0.717, 1.165) is 6.54 Å². The highest BCUT2D eigenvalue weighted by atomic mass is 14.9. The van der Waals surface area contributed by atoms with E-state index in [1.165, 1.54) is 35.7 Å². The highest BCUT2D eigenvalue weighted by Crippen LogP contribution is 2.29. The Bertz CT molecular complexity index is 485. The molecule has 2 nitrogen and oxygen atoms in total. The van der Waals surface area contributed by atoms with E-state index in [9.17, 15) is 0 Å². The summed E-state index contributed by atoms with van der Waals surface area (Å²) in [4.78, 5) is 0. The van der Waals surface area contributed by atoms with Gasteiger partial charge >= 0.3 is 0 Å². The van der Waals surface area contributed by atoms with Gasteiger partial charge in [-0.25, -0.2) is 0 Å². The van der Waals surface area contributed by atoms with Crippen molar-refractivity contribution in [2.24, 2.45) is 12.8 Å². The predicted molar refractivity (Wildman–Crippen MR) is 74.2 cm³/mol. The summed E-state index contributed by atoms with van der Waals surface area (Å²) in [6, 6.07) is 8.58. The first-order valence-corrected chi connectivity index (χ1v) is 6.52. The number of fused-ring (bicyclic) bond motifs is 1. The number of aryl methyl sites for hydroxylation is 1. The van der Waals surface area contributed by atoms with Crippen molar-refractivity contribution in [3.63, 3.8) is 0 Å². The van der Waals surface area contributed by atoms with E-state index in [4.69, 9.17) is 5.73 Å². The van der Waals surface area contributed by atoms with E-state index >= 15 is 0 Å². The van der Waals surface area contributed by atoms with Crippen LogP contribution in [0.1, 0.15) is 37.7 Å². The number of unbranched alkanes of at least 4 members (excludes halogenated alkanes) is 1. The molecule has 1 aromatic heterocycles. The fraction of sp³-hybridized carbons (Fsp3) is 0.467. The van der Waals surface area contributed by atoms with E-state index in [1.807, 2.05) is 0 Å². The number of hydrogen-bond donors (Lipinski definition) is 1. The van der Waals surface area contributed by atoms with Gasteiger partial charge < -0.3 is 10.3 Å². The van der Waals surface area contributed by atoms with Crippen LogP contribution in [0.5, 0.6) is 0 Å². The van der Waals surface area contributed by atoms with E-state index in [1.54, 1.807) is 0 Å². The van der Waals surface area contributed by atoms with E-state index < -0.39 is 0 Å². The summed E-state index contributed by atoms with van der Waals surface area (Å²) in [5.41, 5.74) is 8.66. The molecule has 2 heteroatoms. The van der Waals surface area contributed by atoms with Crippen LogP contribution in [-0.4, -0.2) is 11.1 Å². The Morgan fingerprint density at radius 1 is 1.29 bits per heavy atom. The molecule has 0 bridgehead atoms. The van der Waals surface area contributed by atoms with Gasteiger partial charge in [0.2, 0.25) is 0 Å². The molecule has 0 saturated heterocycles. The van der Waals surface area contributed by atoms with Crippen molar-refractivity contribution >= 4 is 10.9 Å². The fourth-order valence-corrected chi connectivity index (χ4v) is 2.55. The van der Waals surface area contributed by atoms with Gasteiger partial charge in [-0.3, -0.25) is 0 Å². The average molecular weight is 230 g/mol. The molecule has 2 rings (SSSR count). The van der Waals surface area contributed by atoms with Crippen LogP contribution in [-0.2, 0) is 7.05 Å². The number of aromatic nitrogens is 1. The third-order valence-electron chi connectivity index (χ3n) is 3.56. The van der Waals surface area contributed by atoms with Gasteiger partial charge in [-0.05, 0) is 30.5 Å². The molecule has 92 valence electrons. The summed E-state index contributed by atoms with van der Waals surface area (Å²) < 4.78 is 2.21. The molecule has 0 fully saturated rings. The molecule has 0 radical (unpaired) electrons. The standard InChI is InChI=1S/C15H22N2/c1-3-4-7-12(10-16)14-11-17(2)15-9-6-5-8-13(14)15/h5-6,8-9,11-12H,3-4,7,10,16H2,1-2H3. The minimum absolute atomic E-state index is 0.501. The van der Waals surface area contributed by atoms with Gasteiger partial charge in [0.15, 0.2) is 0 Å². The Hall–Kier alpha value is -1.28. The van der Waals surface area contributed by atoms with Gasteiger partial charge in [-0.1, -0.05) is 38.0 Å². The molecule has 0 spiro atoms. The van der Waals surface area contributed by atoms with Crippen LogP contribution in [0.2, 0.25) is 0 Å². The third kappa shape index (κ3) is 2.37. The first-order chi connectivity index (χ1) is 8.27. The van der Waals surface area contributed by atoms with Crippen LogP contribution in [0, 0.1) is 0 Å². The van der Waals surface area contributed by atoms with Crippen LogP contribution in [0.25, 0.3) is 10.9 Å². The fourth-order valence-electron chi connectivity index (χ4n) is 2.55. The smallest absolute Gasteiger partial charge is 0.0480 e. The number of para-hydroxylation sites is 1. The minimum Gasteiger partial charge on any atom is -0.350 e. The molecule has 1 atom stereocenters. The highest BCUT2D eigenvalue weighted by molar-refractivity contribution is 5.84. The normalized spacial score (nSPS) is 13.1. The largest absolute Gasteiger partial charge is 0.350 e. The number of hydrogen-bond acceptors (Lipinski definition) is 1. The van der Waals surface area contributed by atoms with E-state index in [0.29, 0.717) is 5.92 Å². The zero-order valence-electron chi connectivity index (χ0n) is 10.8. The minimum atomic E-state index is 0.501. The van der Waals surface area contributed by atoms with Crippen LogP contribution >= 0.6 is 0 Å². The molecular formula is C15H22N2. The topological polar surface area (TPSA) is 30.9 Å². The Labute approximate surface area is 103 Å². The first kappa shape index (κ1) is 12.2. The molecule has 2 N–H and O–H groups in total. The Kier molecular flexibility index (Phi) is 3.85. The van der Waals surface area contributed by atoms with E-state index in [2.05, 4.69) is 49.0 Å². The molecule has 17 heavy (non-hydrogen) atoms. The zero-order valence-corrected chi connectivity index (χ0v) is 10.8. The number of rotatable bonds is 5. The summed E-state index contributed by atoms with van der Waals surface area (Å²) in [5.74, 6) is 0.501. The number of nitrogens with two attached hydrogens (primary N) is 1. The Morgan fingerprint density at radius 2 is 2.06 bits per heavy atom. The maximum absolute atomic E-state index is 5.94. The summed E-state index contributed by atoms with van der Waals surface area (Å²) in [6.45, 7) is 2.98. The number of nitrogens with zero attached hydrogens (tertiary/aromatic N) is 1.